The minimum Gasteiger partial charge on any atom is -0.388 e. The zero-order valence-electron chi connectivity index (χ0n) is 4.15. The number of nitrogens with one attached hydrogen (secondary N) is 1. The van der Waals surface area contributed by atoms with Crippen molar-refractivity contribution in [2.75, 3.05) is 13.1 Å². The molecule has 0 aromatic carbocycles. The van der Waals surface area contributed by atoms with Gasteiger partial charge in [0.15, 0.2) is 0 Å². The average molecular weight is 99.1 g/mol. The molecule has 0 spiro atoms. The van der Waals surface area contributed by atoms with Crippen molar-refractivity contribution in [2.45, 2.75) is 12.0 Å². The smallest absolute Gasteiger partial charge is 0.0816 e. The van der Waals surface area contributed by atoms with Gasteiger partial charge in [-0.15, -0.1) is 0 Å². The van der Waals surface area contributed by atoms with Crippen LogP contribution in [-0.4, -0.2) is 23.8 Å². The van der Waals surface area contributed by atoms with Gasteiger partial charge in [0, 0.05) is 19.0 Å². The summed E-state index contributed by atoms with van der Waals surface area (Å²) < 4.78 is 0. The molecule has 0 amide bonds. The Bertz CT molecular complexity index is 102. The second-order valence-corrected chi connectivity index (χ2v) is 2.64. The number of hydrogen-bond acceptors (Lipinski definition) is 2. The minimum absolute atomic E-state index is 0.250. The van der Waals surface area contributed by atoms with Gasteiger partial charge >= 0.3 is 0 Å². The van der Waals surface area contributed by atoms with Gasteiger partial charge in [-0.3, -0.25) is 0 Å². The van der Waals surface area contributed by atoms with Crippen LogP contribution < -0.4 is 5.32 Å². The summed E-state index contributed by atoms with van der Waals surface area (Å²) in [5.41, 5.74) is -0.250. The number of piperidine rings is 1. The molecule has 2 fully saturated rings. The largest absolute Gasteiger partial charge is 0.388 e. The van der Waals surface area contributed by atoms with E-state index in [4.69, 9.17) is 0 Å². The maximum absolute atomic E-state index is 9.21. The van der Waals surface area contributed by atoms with E-state index in [0.29, 0.717) is 5.92 Å². The number of β-amino-alcohol motifs (C(OH)–C–C–N with tert-alkyl or cyclic N) is 1. The maximum Gasteiger partial charge on any atom is 0.0816 e. The van der Waals surface area contributed by atoms with Gasteiger partial charge in [-0.1, -0.05) is 0 Å². The lowest BCUT2D eigenvalue weighted by atomic mass is 10.3. The highest BCUT2D eigenvalue weighted by Gasteiger charge is 2.55. The SMILES string of the molecule is O[C@]12CNC[C@H]1C2. The molecule has 2 nitrogen and oxygen atoms in total. The number of fused-ring (bicyclic) bond motifs is 1. The van der Waals surface area contributed by atoms with Crippen LogP contribution >= 0.6 is 0 Å². The Balaban J connectivity index is 2.17. The average Bonchev–Trinajstić information content (AvgIpc) is 2.09. The van der Waals surface area contributed by atoms with Crippen molar-refractivity contribution in [2.24, 2.45) is 5.92 Å². The molecule has 2 aliphatic rings. The van der Waals surface area contributed by atoms with Crippen LogP contribution in [0.1, 0.15) is 6.42 Å². The molecule has 1 saturated heterocycles. The van der Waals surface area contributed by atoms with Crippen molar-refractivity contribution >= 4 is 0 Å². The summed E-state index contributed by atoms with van der Waals surface area (Å²) in [6.45, 7) is 1.87. The van der Waals surface area contributed by atoms with E-state index >= 15 is 0 Å². The summed E-state index contributed by atoms with van der Waals surface area (Å²) in [7, 11) is 0. The van der Waals surface area contributed by atoms with Gasteiger partial charge in [0.1, 0.15) is 0 Å². The lowest BCUT2D eigenvalue weighted by Crippen LogP contribution is -2.19. The molecule has 2 atom stereocenters. The highest BCUT2D eigenvalue weighted by Crippen LogP contribution is 2.45. The van der Waals surface area contributed by atoms with Crippen molar-refractivity contribution in [3.63, 3.8) is 0 Å². The molecule has 0 aromatic rings. The van der Waals surface area contributed by atoms with Crippen LogP contribution in [0.5, 0.6) is 0 Å². The summed E-state index contributed by atoms with van der Waals surface area (Å²) in [6, 6.07) is 0. The van der Waals surface area contributed by atoms with Crippen LogP contribution in [0.4, 0.5) is 0 Å². The molecule has 1 saturated carbocycles. The fraction of sp³-hybridized carbons (Fsp3) is 1.00. The summed E-state index contributed by atoms with van der Waals surface area (Å²) in [6.07, 6.45) is 1.04. The number of rotatable bonds is 0. The first kappa shape index (κ1) is 3.87. The molecular weight excluding hydrogens is 90.1 g/mol. The van der Waals surface area contributed by atoms with E-state index in [-0.39, 0.29) is 5.60 Å². The molecule has 40 valence electrons. The van der Waals surface area contributed by atoms with Crippen molar-refractivity contribution in [1.82, 2.24) is 5.32 Å². The quantitative estimate of drug-likeness (QED) is 0.422. The van der Waals surface area contributed by atoms with Crippen LogP contribution in [-0.2, 0) is 0 Å². The van der Waals surface area contributed by atoms with E-state index < -0.39 is 0 Å². The Labute approximate surface area is 42.5 Å². The molecule has 2 heteroatoms. The van der Waals surface area contributed by atoms with Gasteiger partial charge in [-0.2, -0.15) is 0 Å². The van der Waals surface area contributed by atoms with E-state index in [1.165, 1.54) is 0 Å². The van der Waals surface area contributed by atoms with Crippen molar-refractivity contribution in [3.8, 4) is 0 Å². The molecule has 1 heterocycles. The van der Waals surface area contributed by atoms with Crippen LogP contribution in [0.25, 0.3) is 0 Å². The van der Waals surface area contributed by atoms with Crippen molar-refractivity contribution < 1.29 is 5.11 Å². The molecule has 2 N–H and O–H groups in total. The molecule has 2 rings (SSSR count). The Kier molecular flexibility index (Phi) is 0.474. The van der Waals surface area contributed by atoms with Gasteiger partial charge in [0.25, 0.3) is 0 Å². The first-order valence-corrected chi connectivity index (χ1v) is 2.74. The molecule has 1 aliphatic heterocycles. The summed E-state index contributed by atoms with van der Waals surface area (Å²) >= 11 is 0. The van der Waals surface area contributed by atoms with Crippen LogP contribution in [0, 0.1) is 5.92 Å². The molecule has 0 unspecified atom stereocenters. The van der Waals surface area contributed by atoms with E-state index in [1.807, 2.05) is 0 Å². The highest BCUT2D eigenvalue weighted by molar-refractivity contribution is 5.10. The third-order valence-corrected chi connectivity index (χ3v) is 2.02. The van der Waals surface area contributed by atoms with Crippen LogP contribution in [0.2, 0.25) is 0 Å². The first-order valence-electron chi connectivity index (χ1n) is 2.74. The second-order valence-electron chi connectivity index (χ2n) is 2.64. The zero-order valence-corrected chi connectivity index (χ0v) is 4.15. The highest BCUT2D eigenvalue weighted by atomic mass is 16.3. The monoisotopic (exact) mass is 99.1 g/mol. The second kappa shape index (κ2) is 0.858. The zero-order chi connectivity index (χ0) is 4.91. The normalized spacial score (nSPS) is 57.0. The fourth-order valence-corrected chi connectivity index (χ4v) is 1.31. The third-order valence-electron chi connectivity index (χ3n) is 2.02. The summed E-state index contributed by atoms with van der Waals surface area (Å²) in [4.78, 5) is 0. The lowest BCUT2D eigenvalue weighted by molar-refractivity contribution is 0.155. The van der Waals surface area contributed by atoms with Gasteiger partial charge in [-0.05, 0) is 6.42 Å². The molecule has 0 aromatic heterocycles. The van der Waals surface area contributed by atoms with Gasteiger partial charge in [-0.25, -0.2) is 0 Å². The third kappa shape index (κ3) is 0.359. The molecule has 7 heavy (non-hydrogen) atoms. The predicted molar refractivity (Wildman–Crippen MR) is 25.9 cm³/mol. The Morgan fingerprint density at radius 2 is 2.57 bits per heavy atom. The van der Waals surface area contributed by atoms with Crippen molar-refractivity contribution in [3.05, 3.63) is 0 Å². The van der Waals surface area contributed by atoms with E-state index in [1.54, 1.807) is 0 Å². The lowest BCUT2D eigenvalue weighted by Gasteiger charge is -1.97. The number of hydrogen-bond donors (Lipinski definition) is 2. The van der Waals surface area contributed by atoms with Gasteiger partial charge in [0.05, 0.1) is 5.60 Å². The Morgan fingerprint density at radius 1 is 1.71 bits per heavy atom. The fourth-order valence-electron chi connectivity index (χ4n) is 1.31. The van der Waals surface area contributed by atoms with Crippen LogP contribution in [0.15, 0.2) is 0 Å². The standard InChI is InChI=1S/C5H9NO/c7-5-1-4(5)2-6-3-5/h4,6-7H,1-3H2/t4-,5-/m1/s1. The molecule has 1 aliphatic carbocycles. The van der Waals surface area contributed by atoms with E-state index in [9.17, 15) is 5.11 Å². The molecule has 0 bridgehead atoms. The van der Waals surface area contributed by atoms with Crippen LogP contribution in [0.3, 0.4) is 0 Å². The molecule has 0 radical (unpaired) electrons. The van der Waals surface area contributed by atoms with Gasteiger partial charge in [0.2, 0.25) is 0 Å². The summed E-state index contributed by atoms with van der Waals surface area (Å²) in [5, 5.41) is 12.3. The van der Waals surface area contributed by atoms with Crippen molar-refractivity contribution in [1.29, 1.82) is 0 Å². The summed E-state index contributed by atoms with van der Waals surface area (Å²) in [5.74, 6) is 0.604. The topological polar surface area (TPSA) is 32.3 Å². The molecular formula is C5H9NO. The minimum atomic E-state index is -0.250. The van der Waals surface area contributed by atoms with E-state index in [0.717, 1.165) is 19.5 Å². The predicted octanol–water partition coefficient (Wildman–Crippen LogP) is -0.659. The van der Waals surface area contributed by atoms with E-state index in [2.05, 4.69) is 5.32 Å². The Hall–Kier alpha value is -0.0800. The van der Waals surface area contributed by atoms with Gasteiger partial charge < -0.3 is 10.4 Å². The number of aliphatic hydroxyl groups is 1. The Morgan fingerprint density at radius 3 is 2.71 bits per heavy atom. The maximum atomic E-state index is 9.21. The first-order chi connectivity index (χ1) is 3.31.